The van der Waals surface area contributed by atoms with Crippen LogP contribution in [-0.4, -0.2) is 4.98 Å². The van der Waals surface area contributed by atoms with E-state index in [1.807, 2.05) is 38.3 Å². The molecule has 1 aromatic heterocycles. The molecule has 0 bridgehead atoms. The Kier molecular flexibility index (Phi) is 3.99. The Morgan fingerprint density at radius 2 is 2.17 bits per heavy atom. The molecular weight excluding hydrogens is 244 g/mol. The largest absolute Gasteiger partial charge is 0.486 e. The number of rotatable bonds is 4. The van der Waals surface area contributed by atoms with Crippen LogP contribution in [0.2, 0.25) is 0 Å². The van der Waals surface area contributed by atoms with Gasteiger partial charge in [-0.25, -0.2) is 4.98 Å². The van der Waals surface area contributed by atoms with Gasteiger partial charge in [0.2, 0.25) is 0 Å². The molecule has 96 valence electrons. The Morgan fingerprint density at radius 1 is 1.39 bits per heavy atom. The fourth-order valence-corrected chi connectivity index (χ4v) is 2.41. The summed E-state index contributed by atoms with van der Waals surface area (Å²) in [5, 5.41) is 3.04. The lowest BCUT2D eigenvalue weighted by atomic mass is 10.1. The number of hydrogen-bond acceptors (Lipinski definition) is 4. The van der Waals surface area contributed by atoms with Crippen molar-refractivity contribution in [3.63, 3.8) is 0 Å². The highest BCUT2D eigenvalue weighted by molar-refractivity contribution is 7.09. The second-order valence-corrected chi connectivity index (χ2v) is 5.43. The molecule has 4 heteroatoms. The Balaban J connectivity index is 2.05. The van der Waals surface area contributed by atoms with Gasteiger partial charge in [0.15, 0.2) is 0 Å². The summed E-state index contributed by atoms with van der Waals surface area (Å²) in [5.41, 5.74) is 9.13. The average Bonchev–Trinajstić information content (AvgIpc) is 2.73. The van der Waals surface area contributed by atoms with Crippen LogP contribution in [-0.2, 0) is 6.61 Å². The van der Waals surface area contributed by atoms with Crippen molar-refractivity contribution in [3.8, 4) is 5.75 Å². The first-order chi connectivity index (χ1) is 8.56. The van der Waals surface area contributed by atoms with E-state index in [0.29, 0.717) is 6.61 Å². The second-order valence-electron chi connectivity index (χ2n) is 4.48. The molecule has 2 rings (SSSR count). The number of ether oxygens (including phenoxy) is 1. The van der Waals surface area contributed by atoms with Gasteiger partial charge in [-0.3, -0.25) is 0 Å². The van der Waals surface area contributed by atoms with Crippen molar-refractivity contribution in [2.75, 3.05) is 0 Å². The van der Waals surface area contributed by atoms with Crippen molar-refractivity contribution in [2.45, 2.75) is 33.4 Å². The molecule has 0 fully saturated rings. The third-order valence-electron chi connectivity index (χ3n) is 2.74. The van der Waals surface area contributed by atoms with Crippen molar-refractivity contribution in [2.24, 2.45) is 5.73 Å². The summed E-state index contributed by atoms with van der Waals surface area (Å²) in [7, 11) is 0. The summed E-state index contributed by atoms with van der Waals surface area (Å²) in [6, 6.07) is 6.13. The van der Waals surface area contributed by atoms with Gasteiger partial charge in [-0.15, -0.1) is 11.3 Å². The van der Waals surface area contributed by atoms with E-state index in [1.54, 1.807) is 11.3 Å². The molecule has 1 atom stereocenters. The SMILES string of the molecule is Cc1csc(COc2ccc([C@@H](C)N)cc2C)n1. The molecule has 0 spiro atoms. The van der Waals surface area contributed by atoms with Gasteiger partial charge in [0.25, 0.3) is 0 Å². The number of benzene rings is 1. The first-order valence-electron chi connectivity index (χ1n) is 5.96. The van der Waals surface area contributed by atoms with Crippen molar-refractivity contribution in [3.05, 3.63) is 45.4 Å². The van der Waals surface area contributed by atoms with E-state index in [1.165, 1.54) is 0 Å². The minimum atomic E-state index is 0.0550. The summed E-state index contributed by atoms with van der Waals surface area (Å²) in [6.45, 7) is 6.53. The lowest BCUT2D eigenvalue weighted by Crippen LogP contribution is -2.05. The second kappa shape index (κ2) is 5.50. The molecule has 0 saturated heterocycles. The highest BCUT2D eigenvalue weighted by Gasteiger charge is 2.05. The van der Waals surface area contributed by atoms with E-state index in [-0.39, 0.29) is 6.04 Å². The molecule has 0 radical (unpaired) electrons. The Bertz CT molecular complexity index is 534. The van der Waals surface area contributed by atoms with Gasteiger partial charge >= 0.3 is 0 Å². The molecule has 0 amide bonds. The van der Waals surface area contributed by atoms with Gasteiger partial charge in [-0.2, -0.15) is 0 Å². The molecule has 0 aliphatic heterocycles. The van der Waals surface area contributed by atoms with Crippen molar-refractivity contribution in [1.29, 1.82) is 0 Å². The minimum absolute atomic E-state index is 0.0550. The predicted molar refractivity (Wildman–Crippen MR) is 75.0 cm³/mol. The van der Waals surface area contributed by atoms with Gasteiger partial charge in [0.05, 0.1) is 0 Å². The maximum Gasteiger partial charge on any atom is 0.140 e. The van der Waals surface area contributed by atoms with Crippen LogP contribution in [0.15, 0.2) is 23.6 Å². The quantitative estimate of drug-likeness (QED) is 0.919. The zero-order chi connectivity index (χ0) is 13.1. The van der Waals surface area contributed by atoms with Crippen LogP contribution in [0.25, 0.3) is 0 Å². The lowest BCUT2D eigenvalue weighted by molar-refractivity contribution is 0.303. The smallest absolute Gasteiger partial charge is 0.140 e. The molecule has 2 aromatic rings. The molecule has 1 heterocycles. The summed E-state index contributed by atoms with van der Waals surface area (Å²) in [4.78, 5) is 4.37. The molecule has 0 unspecified atom stereocenters. The fraction of sp³-hybridized carbons (Fsp3) is 0.357. The van der Waals surface area contributed by atoms with Gasteiger partial charge in [0.1, 0.15) is 17.4 Å². The average molecular weight is 262 g/mol. The summed E-state index contributed by atoms with van der Waals surface area (Å²) in [6.07, 6.45) is 0. The van der Waals surface area contributed by atoms with Crippen LogP contribution >= 0.6 is 11.3 Å². The number of hydrogen-bond donors (Lipinski definition) is 1. The van der Waals surface area contributed by atoms with E-state index >= 15 is 0 Å². The third-order valence-corrected chi connectivity index (χ3v) is 3.68. The normalized spacial score (nSPS) is 12.4. The molecule has 0 aliphatic rings. The van der Waals surface area contributed by atoms with Crippen LogP contribution in [0, 0.1) is 13.8 Å². The first-order valence-corrected chi connectivity index (χ1v) is 6.84. The minimum Gasteiger partial charge on any atom is -0.486 e. The monoisotopic (exact) mass is 262 g/mol. The van der Waals surface area contributed by atoms with Gasteiger partial charge in [-0.05, 0) is 38.0 Å². The molecule has 18 heavy (non-hydrogen) atoms. The number of aryl methyl sites for hydroxylation is 2. The number of nitrogens with two attached hydrogens (primary N) is 1. The molecule has 3 nitrogen and oxygen atoms in total. The summed E-state index contributed by atoms with van der Waals surface area (Å²) in [5.74, 6) is 0.896. The topological polar surface area (TPSA) is 48.1 Å². The summed E-state index contributed by atoms with van der Waals surface area (Å²) < 4.78 is 5.78. The van der Waals surface area contributed by atoms with E-state index in [0.717, 1.165) is 27.6 Å². The molecule has 2 N–H and O–H groups in total. The van der Waals surface area contributed by atoms with Crippen LogP contribution in [0.3, 0.4) is 0 Å². The van der Waals surface area contributed by atoms with Gasteiger partial charge < -0.3 is 10.5 Å². The van der Waals surface area contributed by atoms with Crippen LogP contribution in [0.5, 0.6) is 5.75 Å². The number of nitrogens with zero attached hydrogens (tertiary/aromatic N) is 1. The van der Waals surface area contributed by atoms with Gasteiger partial charge in [-0.1, -0.05) is 12.1 Å². The van der Waals surface area contributed by atoms with Crippen molar-refractivity contribution >= 4 is 11.3 Å². The maximum absolute atomic E-state index is 5.85. The first kappa shape index (κ1) is 13.1. The van der Waals surface area contributed by atoms with Crippen molar-refractivity contribution < 1.29 is 4.74 Å². The molecular formula is C14H18N2OS. The highest BCUT2D eigenvalue weighted by atomic mass is 32.1. The zero-order valence-electron chi connectivity index (χ0n) is 10.9. The Hall–Kier alpha value is -1.39. The molecule has 1 aromatic carbocycles. The number of aromatic nitrogens is 1. The summed E-state index contributed by atoms with van der Waals surface area (Å²) >= 11 is 1.63. The fourth-order valence-electron chi connectivity index (χ4n) is 1.73. The molecule has 0 saturated carbocycles. The van der Waals surface area contributed by atoms with E-state index in [4.69, 9.17) is 10.5 Å². The molecule has 0 aliphatic carbocycles. The van der Waals surface area contributed by atoms with Crippen LogP contribution in [0.4, 0.5) is 0 Å². The zero-order valence-corrected chi connectivity index (χ0v) is 11.8. The van der Waals surface area contributed by atoms with E-state index < -0.39 is 0 Å². The Morgan fingerprint density at radius 3 is 2.72 bits per heavy atom. The van der Waals surface area contributed by atoms with Crippen LogP contribution < -0.4 is 10.5 Å². The highest BCUT2D eigenvalue weighted by Crippen LogP contribution is 2.23. The Labute approximate surface area is 112 Å². The van der Waals surface area contributed by atoms with Crippen LogP contribution in [0.1, 0.15) is 34.8 Å². The van der Waals surface area contributed by atoms with E-state index in [9.17, 15) is 0 Å². The standard InChI is InChI=1S/C14H18N2OS/c1-9-6-12(11(3)15)4-5-13(9)17-7-14-16-10(2)8-18-14/h4-6,8,11H,7,15H2,1-3H3/t11-/m1/s1. The third kappa shape index (κ3) is 3.09. The van der Waals surface area contributed by atoms with Crippen molar-refractivity contribution in [1.82, 2.24) is 4.98 Å². The maximum atomic E-state index is 5.85. The lowest BCUT2D eigenvalue weighted by Gasteiger charge is -2.11. The predicted octanol–water partition coefficient (Wildman–Crippen LogP) is 3.36. The number of thiazole rings is 1. The van der Waals surface area contributed by atoms with Gasteiger partial charge in [0, 0.05) is 17.1 Å². The van der Waals surface area contributed by atoms with E-state index in [2.05, 4.69) is 11.1 Å².